The molecule has 1 atom stereocenters. The third-order valence-corrected chi connectivity index (χ3v) is 5.24. The maximum Gasteiger partial charge on any atom is 0.340 e. The minimum absolute atomic E-state index is 0.269. The quantitative estimate of drug-likeness (QED) is 0.649. The first-order valence-corrected chi connectivity index (χ1v) is 9.27. The van der Waals surface area contributed by atoms with Crippen molar-refractivity contribution in [2.24, 2.45) is 0 Å². The van der Waals surface area contributed by atoms with Crippen molar-refractivity contribution in [1.82, 2.24) is 9.30 Å². The molecule has 26 heavy (non-hydrogen) atoms. The van der Waals surface area contributed by atoms with Crippen molar-refractivity contribution < 1.29 is 9.53 Å². The van der Waals surface area contributed by atoms with Gasteiger partial charge in [-0.2, -0.15) is 0 Å². The van der Waals surface area contributed by atoms with E-state index in [9.17, 15) is 4.79 Å². The predicted molar refractivity (Wildman–Crippen MR) is 103 cm³/mol. The number of ether oxygens (including phenoxy) is 1. The molecule has 4 heteroatoms. The molecule has 1 fully saturated rings. The van der Waals surface area contributed by atoms with Crippen LogP contribution in [0.1, 0.15) is 41.7 Å². The fourth-order valence-corrected chi connectivity index (χ4v) is 4.01. The fraction of sp³-hybridized carbons (Fsp3) is 0.318. The van der Waals surface area contributed by atoms with E-state index in [0.717, 1.165) is 23.3 Å². The number of hydrogen-bond acceptors (Lipinski definition) is 3. The number of nitrogens with zero attached hydrogens (tertiary/aromatic N) is 2. The molecule has 0 amide bonds. The topological polar surface area (TPSA) is 34.0 Å². The summed E-state index contributed by atoms with van der Waals surface area (Å²) in [5.74, 6) is -0.269. The molecule has 1 aliphatic rings. The molecule has 3 heterocycles. The molecule has 134 valence electrons. The van der Waals surface area contributed by atoms with E-state index in [0.29, 0.717) is 18.2 Å². The van der Waals surface area contributed by atoms with Crippen LogP contribution >= 0.6 is 0 Å². The number of rotatable bonds is 4. The molecular formula is C22H24N2O2. The van der Waals surface area contributed by atoms with Gasteiger partial charge in [-0.3, -0.25) is 4.90 Å². The van der Waals surface area contributed by atoms with Crippen molar-refractivity contribution >= 4 is 11.5 Å². The first-order chi connectivity index (χ1) is 12.7. The van der Waals surface area contributed by atoms with E-state index >= 15 is 0 Å². The first-order valence-electron chi connectivity index (χ1n) is 9.27. The summed E-state index contributed by atoms with van der Waals surface area (Å²) in [6, 6.07) is 16.9. The Morgan fingerprint density at radius 3 is 2.85 bits per heavy atom. The number of likely N-dealkylation sites (tertiary alicyclic amines) is 1. The summed E-state index contributed by atoms with van der Waals surface area (Å²) in [7, 11) is 2.18. The molecule has 0 N–H and O–H groups in total. The summed E-state index contributed by atoms with van der Waals surface area (Å²) < 4.78 is 7.38. The molecule has 0 bridgehead atoms. The number of benzene rings is 1. The number of carbonyl (C=O) groups is 1. The van der Waals surface area contributed by atoms with Gasteiger partial charge in [0.25, 0.3) is 0 Å². The maximum absolute atomic E-state index is 12.6. The molecule has 2 aromatic heterocycles. The van der Waals surface area contributed by atoms with E-state index in [2.05, 4.69) is 40.6 Å². The molecule has 1 saturated heterocycles. The minimum atomic E-state index is -0.269. The highest BCUT2D eigenvalue weighted by Gasteiger charge is 2.24. The number of esters is 1. The van der Waals surface area contributed by atoms with Gasteiger partial charge in [0.1, 0.15) is 0 Å². The molecule has 3 aromatic rings. The lowest BCUT2D eigenvalue weighted by atomic mass is 9.99. The molecule has 1 aliphatic heterocycles. The molecule has 4 nitrogen and oxygen atoms in total. The average molecular weight is 348 g/mol. The van der Waals surface area contributed by atoms with Crippen LogP contribution in [0.2, 0.25) is 0 Å². The predicted octanol–water partition coefficient (Wildman–Crippen LogP) is 4.55. The standard InChI is InChI=1S/C22H24N2O2/c1-3-26-22(25)19-15-18-10-4-5-13-24(18)21(19)17-9-6-8-16(14-17)20-11-7-12-23(20)2/h4-6,8-10,13-15,20H,3,7,11-12H2,1-2H3. The number of fused-ring (bicyclic) bond motifs is 1. The Labute approximate surface area is 154 Å². The monoisotopic (exact) mass is 348 g/mol. The highest BCUT2D eigenvalue weighted by atomic mass is 16.5. The third-order valence-electron chi connectivity index (χ3n) is 5.24. The lowest BCUT2D eigenvalue weighted by Gasteiger charge is -2.20. The summed E-state index contributed by atoms with van der Waals surface area (Å²) in [6.45, 7) is 3.35. The van der Waals surface area contributed by atoms with Crippen LogP contribution in [0, 0.1) is 0 Å². The van der Waals surface area contributed by atoms with Gasteiger partial charge < -0.3 is 9.14 Å². The van der Waals surface area contributed by atoms with Gasteiger partial charge >= 0.3 is 5.97 Å². The molecule has 4 rings (SSSR count). The van der Waals surface area contributed by atoms with Crippen molar-refractivity contribution in [2.75, 3.05) is 20.2 Å². The second-order valence-electron chi connectivity index (χ2n) is 6.89. The third kappa shape index (κ3) is 2.90. The van der Waals surface area contributed by atoms with Crippen LogP contribution in [0.25, 0.3) is 16.8 Å². The van der Waals surface area contributed by atoms with Crippen LogP contribution < -0.4 is 0 Å². The lowest BCUT2D eigenvalue weighted by Crippen LogP contribution is -2.17. The van der Waals surface area contributed by atoms with E-state index in [1.54, 1.807) is 0 Å². The van der Waals surface area contributed by atoms with Gasteiger partial charge in [0.15, 0.2) is 0 Å². The van der Waals surface area contributed by atoms with Gasteiger partial charge in [0, 0.05) is 17.8 Å². The Morgan fingerprint density at radius 1 is 1.19 bits per heavy atom. The SMILES string of the molecule is CCOC(=O)c1cc2ccccn2c1-c1cccc(C2CCCN2C)c1. The molecular weight excluding hydrogens is 324 g/mol. The van der Waals surface area contributed by atoms with Gasteiger partial charge in [-0.05, 0) is 68.8 Å². The van der Waals surface area contributed by atoms with E-state index < -0.39 is 0 Å². The highest BCUT2D eigenvalue weighted by Crippen LogP contribution is 2.34. The second-order valence-corrected chi connectivity index (χ2v) is 6.89. The van der Waals surface area contributed by atoms with Gasteiger partial charge in [0.2, 0.25) is 0 Å². The van der Waals surface area contributed by atoms with Crippen molar-refractivity contribution in [3.8, 4) is 11.3 Å². The summed E-state index contributed by atoms with van der Waals surface area (Å²) in [4.78, 5) is 15.0. The zero-order chi connectivity index (χ0) is 18.1. The van der Waals surface area contributed by atoms with Gasteiger partial charge in [-0.1, -0.05) is 24.3 Å². The summed E-state index contributed by atoms with van der Waals surface area (Å²) >= 11 is 0. The van der Waals surface area contributed by atoms with Crippen LogP contribution in [0.5, 0.6) is 0 Å². The van der Waals surface area contributed by atoms with Crippen molar-refractivity contribution in [2.45, 2.75) is 25.8 Å². The Bertz CT molecular complexity index is 944. The average Bonchev–Trinajstić information content (AvgIpc) is 3.25. The van der Waals surface area contributed by atoms with Gasteiger partial charge in [0.05, 0.1) is 17.9 Å². The normalized spacial score (nSPS) is 17.7. The van der Waals surface area contributed by atoms with Crippen LogP contribution in [0.3, 0.4) is 0 Å². The Morgan fingerprint density at radius 2 is 2.08 bits per heavy atom. The van der Waals surface area contributed by atoms with Crippen LogP contribution in [0.15, 0.2) is 54.7 Å². The zero-order valence-electron chi connectivity index (χ0n) is 15.3. The van der Waals surface area contributed by atoms with E-state index in [1.807, 2.05) is 37.4 Å². The molecule has 0 saturated carbocycles. The first kappa shape index (κ1) is 16.9. The number of hydrogen-bond donors (Lipinski definition) is 0. The van der Waals surface area contributed by atoms with Crippen LogP contribution in [-0.2, 0) is 4.74 Å². The van der Waals surface area contributed by atoms with Crippen molar-refractivity contribution in [3.63, 3.8) is 0 Å². The van der Waals surface area contributed by atoms with E-state index in [-0.39, 0.29) is 5.97 Å². The summed E-state index contributed by atoms with van der Waals surface area (Å²) in [6.07, 6.45) is 4.41. The van der Waals surface area contributed by atoms with Crippen LogP contribution in [-0.4, -0.2) is 35.5 Å². The maximum atomic E-state index is 12.6. The van der Waals surface area contributed by atoms with E-state index in [1.165, 1.54) is 18.4 Å². The van der Waals surface area contributed by atoms with Gasteiger partial charge in [-0.25, -0.2) is 4.79 Å². The Balaban J connectivity index is 1.85. The van der Waals surface area contributed by atoms with E-state index in [4.69, 9.17) is 4.74 Å². The minimum Gasteiger partial charge on any atom is -0.462 e. The molecule has 1 unspecified atom stereocenters. The Kier molecular flexibility index (Phi) is 4.51. The fourth-order valence-electron chi connectivity index (χ4n) is 4.01. The molecule has 0 spiro atoms. The van der Waals surface area contributed by atoms with Gasteiger partial charge in [-0.15, -0.1) is 0 Å². The molecule has 0 aliphatic carbocycles. The highest BCUT2D eigenvalue weighted by molar-refractivity contribution is 5.99. The number of aromatic nitrogens is 1. The summed E-state index contributed by atoms with van der Waals surface area (Å²) in [5.41, 5.74) is 4.88. The molecule has 0 radical (unpaired) electrons. The smallest absolute Gasteiger partial charge is 0.340 e. The second kappa shape index (κ2) is 6.96. The lowest BCUT2D eigenvalue weighted by molar-refractivity contribution is 0.0527. The Hall–Kier alpha value is -2.59. The zero-order valence-corrected chi connectivity index (χ0v) is 15.3. The molecule has 1 aromatic carbocycles. The van der Waals surface area contributed by atoms with Crippen LogP contribution in [0.4, 0.5) is 0 Å². The summed E-state index contributed by atoms with van der Waals surface area (Å²) in [5, 5.41) is 0. The van der Waals surface area contributed by atoms with Crippen molar-refractivity contribution in [3.05, 3.63) is 65.9 Å². The largest absolute Gasteiger partial charge is 0.462 e. The van der Waals surface area contributed by atoms with Crippen molar-refractivity contribution in [1.29, 1.82) is 0 Å². The number of carbonyl (C=O) groups excluding carboxylic acids is 1. The number of pyridine rings is 1.